The zero-order valence-electron chi connectivity index (χ0n) is 16.6. The molecule has 0 saturated carbocycles. The van der Waals surface area contributed by atoms with Crippen molar-refractivity contribution in [2.75, 3.05) is 25.3 Å². The molecular formula is C20H20Cl2N4O3S. The highest BCUT2D eigenvalue weighted by Gasteiger charge is 2.16. The summed E-state index contributed by atoms with van der Waals surface area (Å²) in [7, 11) is 3.02. The standard InChI is InChI=1S/C20H20Cl2N4O3S/c1-4-26-19(12-6-5-7-13(21)8-12)24-25-20(26)30-11-18(27)23-15-9-14(22)16(28-2)10-17(15)29-3/h5-10H,4,11H2,1-3H3,(H,23,27). The van der Waals surface area contributed by atoms with Crippen LogP contribution in [-0.2, 0) is 11.3 Å². The van der Waals surface area contributed by atoms with Gasteiger partial charge in [-0.1, -0.05) is 47.1 Å². The molecule has 0 saturated heterocycles. The monoisotopic (exact) mass is 466 g/mol. The molecule has 0 bridgehead atoms. The lowest BCUT2D eigenvalue weighted by Gasteiger charge is -2.13. The SMILES string of the molecule is CCn1c(SCC(=O)Nc2cc(Cl)c(OC)cc2OC)nnc1-c1cccc(Cl)c1. The van der Waals surface area contributed by atoms with Gasteiger partial charge in [-0.2, -0.15) is 0 Å². The Kier molecular flexibility index (Phi) is 7.47. The van der Waals surface area contributed by atoms with Crippen LogP contribution in [0.15, 0.2) is 41.6 Å². The van der Waals surface area contributed by atoms with Gasteiger partial charge in [0.15, 0.2) is 11.0 Å². The van der Waals surface area contributed by atoms with E-state index in [1.54, 1.807) is 18.2 Å². The van der Waals surface area contributed by atoms with Gasteiger partial charge in [0.25, 0.3) is 0 Å². The molecule has 0 radical (unpaired) electrons. The van der Waals surface area contributed by atoms with Gasteiger partial charge in [-0.3, -0.25) is 4.79 Å². The van der Waals surface area contributed by atoms with Crippen LogP contribution in [0.4, 0.5) is 5.69 Å². The second kappa shape index (κ2) is 10.1. The number of methoxy groups -OCH3 is 2. The molecule has 1 N–H and O–H groups in total. The molecule has 0 unspecified atom stereocenters. The fourth-order valence-electron chi connectivity index (χ4n) is 2.80. The van der Waals surface area contributed by atoms with Crippen LogP contribution in [0.25, 0.3) is 11.4 Å². The average molecular weight is 467 g/mol. The van der Waals surface area contributed by atoms with Gasteiger partial charge in [0.05, 0.1) is 30.7 Å². The number of thioether (sulfide) groups is 1. The van der Waals surface area contributed by atoms with Crippen molar-refractivity contribution >= 4 is 46.6 Å². The maximum atomic E-state index is 12.5. The summed E-state index contributed by atoms with van der Waals surface area (Å²) in [6.45, 7) is 2.65. The number of carbonyl (C=O) groups is 1. The molecule has 2 aromatic carbocycles. The van der Waals surface area contributed by atoms with Crippen LogP contribution in [0.2, 0.25) is 10.0 Å². The molecular weight excluding hydrogens is 447 g/mol. The van der Waals surface area contributed by atoms with Gasteiger partial charge in [-0.25, -0.2) is 0 Å². The van der Waals surface area contributed by atoms with E-state index in [0.717, 1.165) is 5.56 Å². The molecule has 3 rings (SSSR count). The van der Waals surface area contributed by atoms with Gasteiger partial charge < -0.3 is 19.4 Å². The number of halogens is 2. The zero-order chi connectivity index (χ0) is 21.7. The van der Waals surface area contributed by atoms with Gasteiger partial charge in [-0.15, -0.1) is 10.2 Å². The molecule has 1 amide bonds. The third kappa shape index (κ3) is 5.00. The van der Waals surface area contributed by atoms with Crippen LogP contribution in [0.3, 0.4) is 0 Å². The third-order valence-electron chi connectivity index (χ3n) is 4.20. The van der Waals surface area contributed by atoms with Crippen LogP contribution >= 0.6 is 35.0 Å². The first-order valence-corrected chi connectivity index (χ1v) is 10.7. The Hall–Kier alpha value is -2.42. The number of rotatable bonds is 8. The zero-order valence-corrected chi connectivity index (χ0v) is 18.9. The van der Waals surface area contributed by atoms with Crippen molar-refractivity contribution in [1.29, 1.82) is 0 Å². The first-order valence-electron chi connectivity index (χ1n) is 9.00. The topological polar surface area (TPSA) is 78.3 Å². The molecule has 7 nitrogen and oxygen atoms in total. The summed E-state index contributed by atoms with van der Waals surface area (Å²) in [5.41, 5.74) is 1.33. The fourth-order valence-corrected chi connectivity index (χ4v) is 4.03. The first-order chi connectivity index (χ1) is 14.5. The van der Waals surface area contributed by atoms with Crippen molar-refractivity contribution < 1.29 is 14.3 Å². The number of amides is 1. The Morgan fingerprint density at radius 1 is 1.13 bits per heavy atom. The van der Waals surface area contributed by atoms with Crippen molar-refractivity contribution in [3.8, 4) is 22.9 Å². The van der Waals surface area contributed by atoms with E-state index in [2.05, 4.69) is 15.5 Å². The molecule has 0 fully saturated rings. The van der Waals surface area contributed by atoms with E-state index >= 15 is 0 Å². The lowest BCUT2D eigenvalue weighted by atomic mass is 10.2. The average Bonchev–Trinajstić information content (AvgIpc) is 3.15. The van der Waals surface area contributed by atoms with Crippen molar-refractivity contribution in [2.45, 2.75) is 18.6 Å². The number of nitrogens with zero attached hydrogens (tertiary/aromatic N) is 3. The third-order valence-corrected chi connectivity index (χ3v) is 5.69. The maximum absolute atomic E-state index is 12.5. The molecule has 10 heteroatoms. The summed E-state index contributed by atoms with van der Waals surface area (Å²) < 4.78 is 12.4. The van der Waals surface area contributed by atoms with Crippen LogP contribution < -0.4 is 14.8 Å². The van der Waals surface area contributed by atoms with Gasteiger partial charge in [0, 0.05) is 23.2 Å². The number of hydrogen-bond donors (Lipinski definition) is 1. The van der Waals surface area contributed by atoms with E-state index < -0.39 is 0 Å². The summed E-state index contributed by atoms with van der Waals surface area (Å²) in [5, 5.41) is 12.9. The smallest absolute Gasteiger partial charge is 0.234 e. The van der Waals surface area contributed by atoms with E-state index in [4.69, 9.17) is 32.7 Å². The van der Waals surface area contributed by atoms with E-state index in [-0.39, 0.29) is 11.7 Å². The highest BCUT2D eigenvalue weighted by Crippen LogP contribution is 2.36. The Bertz CT molecular complexity index is 1060. The molecule has 1 aromatic heterocycles. The summed E-state index contributed by atoms with van der Waals surface area (Å²) in [6, 6.07) is 10.6. The molecule has 3 aromatic rings. The molecule has 0 aliphatic rings. The normalized spacial score (nSPS) is 10.7. The molecule has 1 heterocycles. The summed E-state index contributed by atoms with van der Waals surface area (Å²) >= 11 is 13.5. The van der Waals surface area contributed by atoms with Gasteiger partial charge >= 0.3 is 0 Å². The van der Waals surface area contributed by atoms with Gasteiger partial charge in [0.1, 0.15) is 11.5 Å². The van der Waals surface area contributed by atoms with Crippen molar-refractivity contribution in [3.05, 3.63) is 46.4 Å². The molecule has 0 aliphatic heterocycles. The molecule has 0 atom stereocenters. The predicted octanol–water partition coefficient (Wildman–Crippen LogP) is 5.02. The van der Waals surface area contributed by atoms with Crippen LogP contribution in [0, 0.1) is 0 Å². The molecule has 0 aliphatic carbocycles. The van der Waals surface area contributed by atoms with E-state index in [1.807, 2.05) is 29.7 Å². The molecule has 0 spiro atoms. The summed E-state index contributed by atoms with van der Waals surface area (Å²) in [6.07, 6.45) is 0. The lowest BCUT2D eigenvalue weighted by Crippen LogP contribution is -2.15. The largest absolute Gasteiger partial charge is 0.495 e. The molecule has 158 valence electrons. The highest BCUT2D eigenvalue weighted by molar-refractivity contribution is 7.99. The van der Waals surface area contributed by atoms with Crippen LogP contribution in [-0.4, -0.2) is 40.6 Å². The van der Waals surface area contributed by atoms with Crippen LogP contribution in [0.5, 0.6) is 11.5 Å². The minimum absolute atomic E-state index is 0.139. The number of nitrogens with one attached hydrogen (secondary N) is 1. The quantitative estimate of drug-likeness (QED) is 0.469. The fraction of sp³-hybridized carbons (Fsp3) is 0.250. The predicted molar refractivity (Wildman–Crippen MR) is 120 cm³/mol. The van der Waals surface area contributed by atoms with Crippen LogP contribution in [0.1, 0.15) is 6.92 Å². The number of hydrogen-bond acceptors (Lipinski definition) is 6. The summed E-state index contributed by atoms with van der Waals surface area (Å²) in [4.78, 5) is 12.5. The van der Waals surface area contributed by atoms with E-state index in [0.29, 0.717) is 44.8 Å². The Morgan fingerprint density at radius 3 is 2.57 bits per heavy atom. The second-order valence-electron chi connectivity index (χ2n) is 6.08. The lowest BCUT2D eigenvalue weighted by molar-refractivity contribution is -0.113. The number of carbonyl (C=O) groups excluding carboxylic acids is 1. The number of ether oxygens (including phenoxy) is 2. The van der Waals surface area contributed by atoms with Crippen molar-refractivity contribution in [1.82, 2.24) is 14.8 Å². The highest BCUT2D eigenvalue weighted by atomic mass is 35.5. The van der Waals surface area contributed by atoms with Crippen molar-refractivity contribution in [2.24, 2.45) is 0 Å². The first kappa shape index (κ1) is 22.3. The van der Waals surface area contributed by atoms with Gasteiger partial charge in [0.2, 0.25) is 5.91 Å². The maximum Gasteiger partial charge on any atom is 0.234 e. The number of aromatic nitrogens is 3. The minimum atomic E-state index is -0.227. The minimum Gasteiger partial charge on any atom is -0.495 e. The molecule has 30 heavy (non-hydrogen) atoms. The number of benzene rings is 2. The second-order valence-corrected chi connectivity index (χ2v) is 7.87. The van der Waals surface area contributed by atoms with E-state index in [9.17, 15) is 4.79 Å². The van der Waals surface area contributed by atoms with E-state index in [1.165, 1.54) is 26.0 Å². The van der Waals surface area contributed by atoms with Gasteiger partial charge in [-0.05, 0) is 25.1 Å². The Labute approximate surface area is 188 Å². The Balaban J connectivity index is 1.72. The Morgan fingerprint density at radius 2 is 1.90 bits per heavy atom. The van der Waals surface area contributed by atoms with Crippen molar-refractivity contribution in [3.63, 3.8) is 0 Å². The number of anilines is 1. The summed E-state index contributed by atoms with van der Waals surface area (Å²) in [5.74, 6) is 1.53.